The van der Waals surface area contributed by atoms with E-state index in [1.165, 1.54) is 16.7 Å². The predicted molar refractivity (Wildman–Crippen MR) is 345 cm³/mol. The summed E-state index contributed by atoms with van der Waals surface area (Å²) in [4.78, 5) is 17.5. The van der Waals surface area contributed by atoms with E-state index in [1.54, 1.807) is 26.2 Å². The van der Waals surface area contributed by atoms with Crippen molar-refractivity contribution in [3.8, 4) is 44.5 Å². The molecule has 0 N–H and O–H groups in total. The van der Waals surface area contributed by atoms with Gasteiger partial charge in [0.25, 0.3) is 0 Å². The molecule has 8 aromatic heterocycles. The van der Waals surface area contributed by atoms with Gasteiger partial charge in [0.2, 0.25) is 0 Å². The molecule has 0 saturated carbocycles. The van der Waals surface area contributed by atoms with E-state index < -0.39 is 12.7 Å². The fourth-order valence-corrected chi connectivity index (χ4v) is 10.9. The maximum atomic E-state index is 7.79. The fraction of sp³-hybridized carbons (Fsp3) is 0.105. The van der Waals surface area contributed by atoms with Crippen LogP contribution in [0.4, 0.5) is 0 Å². The van der Waals surface area contributed by atoms with Crippen molar-refractivity contribution in [1.29, 1.82) is 0 Å². The first kappa shape index (κ1) is 48.3. The van der Waals surface area contributed by atoms with E-state index >= 15 is 0 Å². The van der Waals surface area contributed by atoms with Crippen molar-refractivity contribution >= 4 is 88.0 Å². The second-order valence-electron chi connectivity index (χ2n) is 20.3. The summed E-state index contributed by atoms with van der Waals surface area (Å²) in [5.74, 6) is 0. The molecule has 0 unspecified atom stereocenters. The maximum Gasteiger partial charge on any atom is 0.161 e. The lowest BCUT2D eigenvalue weighted by molar-refractivity contribution is 0.669. The molecule has 0 radical (unpaired) electrons. The average molecular weight is 1100 g/mol. The van der Waals surface area contributed by atoms with Gasteiger partial charge in [0.15, 0.2) is 11.2 Å². The van der Waals surface area contributed by atoms with Crippen molar-refractivity contribution < 1.29 is 23.2 Å². The number of rotatable bonds is 8. The third kappa shape index (κ3) is 10.3. The Bertz CT molecular complexity index is 4810. The SMILES string of the molecule is CCc1ccc(-c2ccnc3c2oc2ccccc23)cc1.CCc1ccc(-c2cncc3c2oc2ccccc23)cc1.[2H]C([2H])(C)c1ccc(-c2cccc3c2oc2cccnc23)cc1.[2H]C([2H])(C)c1ccc(-c2cccc3c2oc2ccncc23)cc1. The molecule has 0 spiro atoms. The molecule has 8 heterocycles. The molecule has 8 aromatic carbocycles. The molecule has 408 valence electrons. The summed E-state index contributed by atoms with van der Waals surface area (Å²) in [6.07, 6.45) is 10.3. The third-order valence-corrected chi connectivity index (χ3v) is 15.4. The van der Waals surface area contributed by atoms with Crippen LogP contribution in [0.5, 0.6) is 0 Å². The molecule has 0 fully saturated rings. The van der Waals surface area contributed by atoms with Crippen molar-refractivity contribution in [2.75, 3.05) is 0 Å². The van der Waals surface area contributed by atoms with E-state index in [4.69, 9.17) is 23.2 Å². The zero-order valence-corrected chi connectivity index (χ0v) is 46.9. The highest BCUT2D eigenvalue weighted by Gasteiger charge is 2.17. The fourth-order valence-electron chi connectivity index (χ4n) is 10.9. The van der Waals surface area contributed by atoms with E-state index in [0.717, 1.165) is 140 Å². The van der Waals surface area contributed by atoms with Crippen LogP contribution < -0.4 is 0 Å². The van der Waals surface area contributed by atoms with E-state index in [1.807, 2.05) is 170 Å². The van der Waals surface area contributed by atoms with Crippen LogP contribution in [-0.2, 0) is 25.6 Å². The van der Waals surface area contributed by atoms with Crippen LogP contribution in [0, 0.1) is 0 Å². The van der Waals surface area contributed by atoms with Crippen LogP contribution >= 0.6 is 0 Å². The lowest BCUT2D eigenvalue weighted by Crippen LogP contribution is -1.83. The molecule has 0 aliphatic carbocycles. The summed E-state index contributed by atoms with van der Waals surface area (Å²) in [6, 6.07) is 68.2. The van der Waals surface area contributed by atoms with Gasteiger partial charge in [-0.15, -0.1) is 0 Å². The monoisotopic (exact) mass is 1100 g/mol. The van der Waals surface area contributed by atoms with Crippen LogP contribution in [0.25, 0.3) is 133 Å². The molecule has 0 saturated heterocycles. The van der Waals surface area contributed by atoms with Gasteiger partial charge in [-0.2, -0.15) is 0 Å². The van der Waals surface area contributed by atoms with E-state index in [2.05, 4.69) is 94.4 Å². The van der Waals surface area contributed by atoms with E-state index in [0.29, 0.717) is 11.1 Å². The number of benzene rings is 8. The molecule has 0 amide bonds. The Morgan fingerprint density at radius 2 is 0.750 bits per heavy atom. The molecule has 0 bridgehead atoms. The van der Waals surface area contributed by atoms with Gasteiger partial charge in [0, 0.05) is 97.2 Å². The molecule has 16 rings (SSSR count). The number of furan rings is 4. The van der Waals surface area contributed by atoms with Crippen molar-refractivity contribution in [3.63, 3.8) is 0 Å². The van der Waals surface area contributed by atoms with Crippen LogP contribution in [-0.4, -0.2) is 19.9 Å². The number of hydrogen-bond donors (Lipinski definition) is 0. The maximum absolute atomic E-state index is 7.79. The lowest BCUT2D eigenvalue weighted by atomic mass is 10.0. The minimum atomic E-state index is -1.34. The Balaban J connectivity index is 0.000000108. The molecule has 0 aliphatic heterocycles. The highest BCUT2D eigenvalue weighted by molar-refractivity contribution is 6.11. The van der Waals surface area contributed by atoms with Gasteiger partial charge in [-0.3, -0.25) is 19.9 Å². The summed E-state index contributed by atoms with van der Waals surface area (Å²) in [5.41, 5.74) is 21.1. The Kier molecular flexibility index (Phi) is 13.5. The minimum Gasteiger partial charge on any atom is -0.455 e. The van der Waals surface area contributed by atoms with Crippen molar-refractivity contribution in [1.82, 2.24) is 19.9 Å². The Morgan fingerprint density at radius 1 is 0.298 bits per heavy atom. The Hall–Kier alpha value is -10.4. The van der Waals surface area contributed by atoms with Crippen LogP contribution in [0.1, 0.15) is 55.4 Å². The Morgan fingerprint density at radius 3 is 1.37 bits per heavy atom. The summed E-state index contributed by atoms with van der Waals surface area (Å²) in [7, 11) is 0. The van der Waals surface area contributed by atoms with Gasteiger partial charge in [-0.1, -0.05) is 185 Å². The smallest absolute Gasteiger partial charge is 0.161 e. The molecule has 0 atom stereocenters. The predicted octanol–water partition coefficient (Wildman–Crippen LogP) is 20.8. The van der Waals surface area contributed by atoms with Gasteiger partial charge >= 0.3 is 0 Å². The van der Waals surface area contributed by atoms with Crippen LogP contribution in [0.2, 0.25) is 0 Å². The van der Waals surface area contributed by atoms with E-state index in [9.17, 15) is 0 Å². The van der Waals surface area contributed by atoms with Gasteiger partial charge < -0.3 is 17.7 Å². The number of nitrogens with zero attached hydrogens (tertiary/aromatic N) is 4. The first-order valence-corrected chi connectivity index (χ1v) is 28.2. The number of pyridine rings is 4. The highest BCUT2D eigenvalue weighted by Crippen LogP contribution is 2.39. The topological polar surface area (TPSA) is 104 Å². The Labute approximate surface area is 492 Å². The van der Waals surface area contributed by atoms with Gasteiger partial charge in [0.05, 0.1) is 0 Å². The molecule has 8 heteroatoms. The zero-order valence-electron chi connectivity index (χ0n) is 50.9. The minimum absolute atomic E-state index is 0.666. The number of hydrogen-bond acceptors (Lipinski definition) is 8. The standard InChI is InChI=1S/4C19H15NO/c1-2-13-8-10-14(11-9-13)15-5-3-6-16-18-17(21-19(15)16)7-4-12-20-18;1-2-13-6-8-14(9-7-13)15-4-3-5-16-17-12-20-11-10-18(17)21-19(15)16;1-2-13-7-9-14(10-8-13)16-11-20-12-17-15-5-3-4-6-18(15)21-19(16)17;1-2-13-7-9-14(10-8-13)15-11-12-20-18-16-5-3-4-6-17(16)21-19(15)18/h4*3-12H,2H2,1H3/i2*2D2;;. The van der Waals surface area contributed by atoms with Gasteiger partial charge in [-0.05, 0) is 119 Å². The van der Waals surface area contributed by atoms with Crippen LogP contribution in [0.15, 0.2) is 261 Å². The first-order chi connectivity index (χ1) is 42.8. The quantitative estimate of drug-likeness (QED) is 0.148. The van der Waals surface area contributed by atoms with Crippen LogP contribution in [0.3, 0.4) is 0 Å². The average Bonchev–Trinajstić information content (AvgIpc) is 2.02. The normalized spacial score (nSPS) is 12.3. The lowest BCUT2D eigenvalue weighted by Gasteiger charge is -2.04. The largest absolute Gasteiger partial charge is 0.455 e. The summed E-state index contributed by atoms with van der Waals surface area (Å²) in [5, 5.41) is 6.30. The molecule has 16 aromatic rings. The van der Waals surface area contributed by atoms with Crippen molar-refractivity contribution in [2.24, 2.45) is 0 Å². The second kappa shape index (κ2) is 23.6. The molecule has 8 nitrogen and oxygen atoms in total. The molecule has 0 aliphatic rings. The second-order valence-corrected chi connectivity index (χ2v) is 20.3. The highest BCUT2D eigenvalue weighted by atomic mass is 16.3. The molecule has 84 heavy (non-hydrogen) atoms. The number of para-hydroxylation sites is 4. The van der Waals surface area contributed by atoms with Crippen molar-refractivity contribution in [3.05, 3.63) is 266 Å². The molecular formula is C76H60N4O4. The van der Waals surface area contributed by atoms with E-state index in [-0.39, 0.29) is 0 Å². The summed E-state index contributed by atoms with van der Waals surface area (Å²) < 4.78 is 55.3. The van der Waals surface area contributed by atoms with Gasteiger partial charge in [-0.25, -0.2) is 0 Å². The molecular weight excluding hydrogens is 1030 g/mol. The number of aryl methyl sites for hydroxylation is 4. The number of fused-ring (bicyclic) bond motifs is 12. The van der Waals surface area contributed by atoms with Crippen molar-refractivity contribution in [2.45, 2.75) is 53.3 Å². The first-order valence-electron chi connectivity index (χ1n) is 30.2. The van der Waals surface area contributed by atoms with Gasteiger partial charge in [0.1, 0.15) is 44.5 Å². The number of aromatic nitrogens is 4. The third-order valence-electron chi connectivity index (χ3n) is 15.4. The zero-order chi connectivity index (χ0) is 60.5. The summed E-state index contributed by atoms with van der Waals surface area (Å²) >= 11 is 0. The summed E-state index contributed by atoms with van der Waals surface area (Å²) in [6.45, 7) is 7.46.